The van der Waals surface area contributed by atoms with E-state index >= 15 is 0 Å². The Morgan fingerprint density at radius 3 is 2.68 bits per heavy atom. The zero-order valence-electron chi connectivity index (χ0n) is 13.4. The highest BCUT2D eigenvalue weighted by Gasteiger charge is 2.19. The van der Waals surface area contributed by atoms with Crippen LogP contribution in [0.15, 0.2) is 12.3 Å². The van der Waals surface area contributed by atoms with E-state index in [1.54, 1.807) is 10.9 Å². The molecule has 0 aliphatic heterocycles. The van der Waals surface area contributed by atoms with E-state index in [-0.39, 0.29) is 11.9 Å². The number of aryl methyl sites for hydroxylation is 3. The molecule has 2 aromatic heterocycles. The third-order valence-corrected chi connectivity index (χ3v) is 4.30. The third-order valence-electron chi connectivity index (χ3n) is 3.76. The molecule has 2 aromatic rings. The van der Waals surface area contributed by atoms with Crippen LogP contribution >= 0.6 is 11.6 Å². The lowest BCUT2D eigenvalue weighted by atomic mass is 10.3. The Kier molecular flexibility index (Phi) is 5.24. The highest BCUT2D eigenvalue weighted by Crippen LogP contribution is 2.22. The van der Waals surface area contributed by atoms with E-state index in [2.05, 4.69) is 15.5 Å². The summed E-state index contributed by atoms with van der Waals surface area (Å²) >= 11 is 6.12. The predicted octanol–water partition coefficient (Wildman–Crippen LogP) is 2.43. The summed E-state index contributed by atoms with van der Waals surface area (Å²) in [4.78, 5) is 12.2. The quantitative estimate of drug-likeness (QED) is 0.830. The first kappa shape index (κ1) is 16.5. The van der Waals surface area contributed by atoms with Gasteiger partial charge in [0.05, 0.1) is 16.4 Å². The summed E-state index contributed by atoms with van der Waals surface area (Å²) in [5.41, 5.74) is 2.68. The number of amides is 1. The fourth-order valence-corrected chi connectivity index (χ4v) is 2.48. The summed E-state index contributed by atoms with van der Waals surface area (Å²) < 4.78 is 3.60. The standard InChI is InChI=1S/C15H22ClN5O/c1-10-6-8-18-20(10)9-5-7-17-15(22)13(4)21-12(3)14(16)11(2)19-21/h6,8,13H,5,7,9H2,1-4H3,(H,17,22). The predicted molar refractivity (Wildman–Crippen MR) is 86.0 cm³/mol. The number of nitrogens with one attached hydrogen (secondary N) is 1. The van der Waals surface area contributed by atoms with Crippen molar-refractivity contribution in [2.24, 2.45) is 0 Å². The molecule has 0 fully saturated rings. The minimum absolute atomic E-state index is 0.0561. The monoisotopic (exact) mass is 323 g/mol. The molecular formula is C15H22ClN5O. The van der Waals surface area contributed by atoms with Crippen LogP contribution in [-0.2, 0) is 11.3 Å². The minimum atomic E-state index is -0.377. The SMILES string of the molecule is Cc1nn(C(C)C(=O)NCCCn2nccc2C)c(C)c1Cl. The van der Waals surface area contributed by atoms with E-state index in [0.717, 1.165) is 30.0 Å². The average Bonchev–Trinajstić information content (AvgIpc) is 3.01. The summed E-state index contributed by atoms with van der Waals surface area (Å²) in [6.45, 7) is 8.94. The molecule has 0 spiro atoms. The van der Waals surface area contributed by atoms with Crippen molar-refractivity contribution in [1.82, 2.24) is 24.9 Å². The van der Waals surface area contributed by atoms with Crippen molar-refractivity contribution in [2.45, 2.75) is 46.7 Å². The van der Waals surface area contributed by atoms with Crippen LogP contribution in [0.3, 0.4) is 0 Å². The summed E-state index contributed by atoms with van der Waals surface area (Å²) in [5, 5.41) is 12.1. The van der Waals surface area contributed by atoms with Gasteiger partial charge in [-0.05, 0) is 40.2 Å². The molecule has 2 heterocycles. The molecular weight excluding hydrogens is 302 g/mol. The number of carbonyl (C=O) groups excluding carboxylic acids is 1. The van der Waals surface area contributed by atoms with Gasteiger partial charge in [-0.15, -0.1) is 0 Å². The van der Waals surface area contributed by atoms with Gasteiger partial charge in [-0.3, -0.25) is 14.2 Å². The average molecular weight is 324 g/mol. The van der Waals surface area contributed by atoms with Gasteiger partial charge in [0.1, 0.15) is 6.04 Å². The van der Waals surface area contributed by atoms with Crippen molar-refractivity contribution in [3.63, 3.8) is 0 Å². The third kappa shape index (κ3) is 3.50. The normalized spacial score (nSPS) is 12.4. The largest absolute Gasteiger partial charge is 0.354 e. The van der Waals surface area contributed by atoms with Crippen LogP contribution in [0.1, 0.15) is 36.5 Å². The number of hydrogen-bond acceptors (Lipinski definition) is 3. The summed E-state index contributed by atoms with van der Waals surface area (Å²) in [5.74, 6) is -0.0561. The molecule has 1 unspecified atom stereocenters. The first-order valence-electron chi connectivity index (χ1n) is 7.39. The Morgan fingerprint density at radius 1 is 1.41 bits per heavy atom. The molecule has 2 rings (SSSR count). The maximum absolute atomic E-state index is 12.2. The van der Waals surface area contributed by atoms with Crippen LogP contribution in [0.5, 0.6) is 0 Å². The van der Waals surface area contributed by atoms with E-state index in [1.165, 1.54) is 0 Å². The molecule has 0 saturated heterocycles. The number of aromatic nitrogens is 4. The summed E-state index contributed by atoms with van der Waals surface area (Å²) in [6, 6.07) is 1.59. The van der Waals surface area contributed by atoms with Gasteiger partial charge in [0, 0.05) is 25.0 Å². The van der Waals surface area contributed by atoms with Gasteiger partial charge in [0.15, 0.2) is 0 Å². The van der Waals surface area contributed by atoms with E-state index < -0.39 is 0 Å². The molecule has 1 amide bonds. The summed E-state index contributed by atoms with van der Waals surface area (Å²) in [7, 11) is 0. The van der Waals surface area contributed by atoms with Crippen LogP contribution in [0, 0.1) is 20.8 Å². The van der Waals surface area contributed by atoms with Crippen LogP contribution in [0.25, 0.3) is 0 Å². The zero-order chi connectivity index (χ0) is 16.3. The van der Waals surface area contributed by atoms with Crippen molar-refractivity contribution in [3.8, 4) is 0 Å². The van der Waals surface area contributed by atoms with Crippen molar-refractivity contribution < 1.29 is 4.79 Å². The second-order valence-corrected chi connectivity index (χ2v) is 5.82. The lowest BCUT2D eigenvalue weighted by Gasteiger charge is -2.14. The molecule has 0 bridgehead atoms. The molecule has 1 N–H and O–H groups in total. The Morgan fingerprint density at radius 2 is 2.14 bits per heavy atom. The minimum Gasteiger partial charge on any atom is -0.354 e. The molecule has 1 atom stereocenters. The van der Waals surface area contributed by atoms with Gasteiger partial charge in [-0.25, -0.2) is 0 Å². The van der Waals surface area contributed by atoms with Gasteiger partial charge < -0.3 is 5.32 Å². The van der Waals surface area contributed by atoms with E-state index in [4.69, 9.17) is 11.6 Å². The van der Waals surface area contributed by atoms with Crippen molar-refractivity contribution in [3.05, 3.63) is 34.4 Å². The topological polar surface area (TPSA) is 64.7 Å². The van der Waals surface area contributed by atoms with Gasteiger partial charge in [0.25, 0.3) is 0 Å². The Bertz CT molecular complexity index is 661. The van der Waals surface area contributed by atoms with Crippen LogP contribution in [0.4, 0.5) is 0 Å². The molecule has 0 saturated carbocycles. The highest BCUT2D eigenvalue weighted by molar-refractivity contribution is 6.31. The zero-order valence-corrected chi connectivity index (χ0v) is 14.2. The second kappa shape index (κ2) is 6.96. The molecule has 120 valence electrons. The van der Waals surface area contributed by atoms with Crippen molar-refractivity contribution in [2.75, 3.05) is 6.54 Å². The highest BCUT2D eigenvalue weighted by atomic mass is 35.5. The van der Waals surface area contributed by atoms with Gasteiger partial charge in [0.2, 0.25) is 5.91 Å². The van der Waals surface area contributed by atoms with Gasteiger partial charge in [-0.1, -0.05) is 11.6 Å². The smallest absolute Gasteiger partial charge is 0.244 e. The molecule has 0 aliphatic rings. The molecule has 7 heteroatoms. The van der Waals surface area contributed by atoms with E-state index in [0.29, 0.717) is 11.6 Å². The summed E-state index contributed by atoms with van der Waals surface area (Å²) in [6.07, 6.45) is 2.61. The van der Waals surface area contributed by atoms with Crippen LogP contribution < -0.4 is 5.32 Å². The second-order valence-electron chi connectivity index (χ2n) is 5.45. The Hall–Kier alpha value is -1.82. The first-order valence-corrected chi connectivity index (χ1v) is 7.77. The van der Waals surface area contributed by atoms with Crippen LogP contribution in [0.2, 0.25) is 5.02 Å². The molecule has 0 radical (unpaired) electrons. The number of hydrogen-bond donors (Lipinski definition) is 1. The lowest BCUT2D eigenvalue weighted by Crippen LogP contribution is -2.33. The number of nitrogens with zero attached hydrogens (tertiary/aromatic N) is 4. The van der Waals surface area contributed by atoms with E-state index in [1.807, 2.05) is 38.4 Å². The van der Waals surface area contributed by atoms with Crippen molar-refractivity contribution in [1.29, 1.82) is 0 Å². The van der Waals surface area contributed by atoms with Gasteiger partial charge in [-0.2, -0.15) is 10.2 Å². The fraction of sp³-hybridized carbons (Fsp3) is 0.533. The van der Waals surface area contributed by atoms with Crippen molar-refractivity contribution >= 4 is 17.5 Å². The maximum atomic E-state index is 12.2. The van der Waals surface area contributed by atoms with Gasteiger partial charge >= 0.3 is 0 Å². The number of halogens is 1. The maximum Gasteiger partial charge on any atom is 0.244 e. The van der Waals surface area contributed by atoms with E-state index in [9.17, 15) is 4.79 Å². The number of rotatable bonds is 6. The molecule has 0 aromatic carbocycles. The number of carbonyl (C=O) groups is 1. The molecule has 0 aliphatic carbocycles. The first-order chi connectivity index (χ1) is 10.4. The molecule has 6 nitrogen and oxygen atoms in total. The Labute approximate surface area is 135 Å². The molecule has 22 heavy (non-hydrogen) atoms. The Balaban J connectivity index is 1.84. The lowest BCUT2D eigenvalue weighted by molar-refractivity contribution is -0.124. The fourth-order valence-electron chi connectivity index (χ4n) is 2.35. The van der Waals surface area contributed by atoms with Crippen LogP contribution in [-0.4, -0.2) is 32.0 Å².